The van der Waals surface area contributed by atoms with E-state index in [9.17, 15) is 35.9 Å². The molecule has 5 rings (SSSR count). The van der Waals surface area contributed by atoms with Crippen LogP contribution >= 0.6 is 0 Å². The summed E-state index contributed by atoms with van der Waals surface area (Å²) in [5, 5.41) is 0. The molecule has 0 unspecified atom stereocenters. The second-order valence-electron chi connectivity index (χ2n) is 10.5. The first-order valence-corrected chi connectivity index (χ1v) is 12.5. The molecule has 2 aromatic carbocycles. The average molecular weight is 540 g/mol. The summed E-state index contributed by atoms with van der Waals surface area (Å²) in [5.41, 5.74) is -2.64. The van der Waals surface area contributed by atoms with Crippen LogP contribution in [0.2, 0.25) is 0 Å². The Bertz CT molecular complexity index is 1210. The normalized spacial score (nSPS) is 20.0. The minimum atomic E-state index is -5.04. The van der Waals surface area contributed by atoms with E-state index in [1.807, 2.05) is 36.1 Å². The zero-order chi connectivity index (χ0) is 27.5. The van der Waals surface area contributed by atoms with Crippen molar-refractivity contribution < 1.29 is 35.9 Å². The summed E-state index contributed by atoms with van der Waals surface area (Å²) in [4.78, 5) is 31.6. The van der Waals surface area contributed by atoms with Gasteiger partial charge < -0.3 is 9.80 Å². The molecule has 0 atom stereocenters. The van der Waals surface area contributed by atoms with Crippen LogP contribution in [0.5, 0.6) is 0 Å². The van der Waals surface area contributed by atoms with Gasteiger partial charge in [-0.1, -0.05) is 18.2 Å². The van der Waals surface area contributed by atoms with Gasteiger partial charge in [0.05, 0.1) is 16.7 Å². The van der Waals surface area contributed by atoms with Crippen molar-refractivity contribution in [3.8, 4) is 0 Å². The van der Waals surface area contributed by atoms with Crippen LogP contribution in [0, 0.1) is 12.8 Å². The van der Waals surface area contributed by atoms with Gasteiger partial charge in [-0.3, -0.25) is 9.69 Å². The van der Waals surface area contributed by atoms with Gasteiger partial charge in [-0.05, 0) is 68.4 Å². The smallest absolute Gasteiger partial charge is 0.338 e. The first-order chi connectivity index (χ1) is 17.8. The fraction of sp³-hybridized carbons (Fsp3) is 0.481. The zero-order valence-corrected chi connectivity index (χ0v) is 20.7. The minimum absolute atomic E-state index is 0.0145. The van der Waals surface area contributed by atoms with Gasteiger partial charge in [0, 0.05) is 37.4 Å². The highest BCUT2D eigenvalue weighted by molar-refractivity contribution is 5.98. The van der Waals surface area contributed by atoms with Crippen LogP contribution in [0.1, 0.15) is 52.7 Å². The molecule has 1 aliphatic carbocycles. The van der Waals surface area contributed by atoms with Gasteiger partial charge >= 0.3 is 18.4 Å². The lowest BCUT2D eigenvalue weighted by Crippen LogP contribution is -2.56. The van der Waals surface area contributed by atoms with Crippen molar-refractivity contribution in [2.75, 3.05) is 31.1 Å². The molecule has 2 heterocycles. The van der Waals surface area contributed by atoms with Crippen molar-refractivity contribution in [2.24, 2.45) is 5.92 Å². The SMILES string of the molecule is Cc1ccccc1N1C(=O)N(CC2CC2)CC12CCN(C(=O)c1cc(C(F)(F)F)cc(C(F)(F)F)c1)CC2. The number of alkyl halides is 6. The predicted molar refractivity (Wildman–Crippen MR) is 128 cm³/mol. The van der Waals surface area contributed by atoms with Crippen LogP contribution in [0.25, 0.3) is 0 Å². The highest BCUT2D eigenvalue weighted by Crippen LogP contribution is 2.43. The molecule has 2 aliphatic heterocycles. The standard InChI is InChI=1S/C27H27F6N3O2/c1-17-4-2-3-5-22(17)36-24(38)35(15-18-6-7-18)16-25(36)8-10-34(11-9-25)23(37)19-12-20(26(28,29)30)14-21(13-19)27(31,32)33/h2-5,12-14,18H,6-11,15-16H2,1H3. The summed E-state index contributed by atoms with van der Waals surface area (Å²) in [7, 11) is 0. The Labute approximate surface area is 216 Å². The van der Waals surface area contributed by atoms with Gasteiger partial charge in [0.1, 0.15) is 0 Å². The van der Waals surface area contributed by atoms with E-state index in [-0.39, 0.29) is 25.2 Å². The molecule has 1 saturated carbocycles. The van der Waals surface area contributed by atoms with E-state index in [1.165, 1.54) is 4.90 Å². The van der Waals surface area contributed by atoms with Crippen LogP contribution in [0.4, 0.5) is 36.8 Å². The third kappa shape index (κ3) is 4.94. The van der Waals surface area contributed by atoms with Gasteiger partial charge in [-0.15, -0.1) is 0 Å². The van der Waals surface area contributed by atoms with E-state index in [0.717, 1.165) is 24.1 Å². The van der Waals surface area contributed by atoms with E-state index in [1.54, 1.807) is 4.90 Å². The minimum Gasteiger partial charge on any atom is -0.338 e. The Morgan fingerprint density at radius 1 is 0.947 bits per heavy atom. The summed E-state index contributed by atoms with van der Waals surface area (Å²) in [6.07, 6.45) is -7.23. The second kappa shape index (κ2) is 9.20. The van der Waals surface area contributed by atoms with E-state index < -0.39 is 40.5 Å². The largest absolute Gasteiger partial charge is 0.416 e. The van der Waals surface area contributed by atoms with Crippen LogP contribution in [0.15, 0.2) is 42.5 Å². The molecule has 1 spiro atoms. The summed E-state index contributed by atoms with van der Waals surface area (Å²) in [5.74, 6) is -0.420. The number of anilines is 1. The molecule has 5 nitrogen and oxygen atoms in total. The Morgan fingerprint density at radius 3 is 2.05 bits per heavy atom. The number of carbonyl (C=O) groups excluding carboxylic acids is 2. The third-order valence-electron chi connectivity index (χ3n) is 7.77. The zero-order valence-electron chi connectivity index (χ0n) is 20.7. The van der Waals surface area contributed by atoms with Crippen LogP contribution in [0.3, 0.4) is 0 Å². The van der Waals surface area contributed by atoms with Crippen LogP contribution in [-0.4, -0.2) is 53.5 Å². The number of nitrogens with zero attached hydrogens (tertiary/aromatic N) is 3. The van der Waals surface area contributed by atoms with Gasteiger partial charge in [-0.25, -0.2) is 4.79 Å². The van der Waals surface area contributed by atoms with E-state index in [4.69, 9.17) is 0 Å². The molecule has 3 fully saturated rings. The number of amides is 3. The number of para-hydroxylation sites is 1. The second-order valence-corrected chi connectivity index (χ2v) is 10.5. The Hall–Kier alpha value is -3.24. The van der Waals surface area contributed by atoms with Crippen molar-refractivity contribution in [2.45, 2.75) is 50.5 Å². The van der Waals surface area contributed by atoms with Crippen molar-refractivity contribution in [1.82, 2.24) is 9.80 Å². The number of benzene rings is 2. The summed E-state index contributed by atoms with van der Waals surface area (Å²) < 4.78 is 79.9. The first kappa shape index (κ1) is 26.4. The van der Waals surface area contributed by atoms with Crippen LogP contribution < -0.4 is 4.90 Å². The van der Waals surface area contributed by atoms with Gasteiger partial charge in [-0.2, -0.15) is 26.3 Å². The van der Waals surface area contributed by atoms with Gasteiger partial charge in [0.2, 0.25) is 0 Å². The molecule has 2 aromatic rings. The highest BCUT2D eigenvalue weighted by atomic mass is 19.4. The highest BCUT2D eigenvalue weighted by Gasteiger charge is 2.53. The molecule has 204 valence electrons. The Kier molecular flexibility index (Phi) is 6.38. The van der Waals surface area contributed by atoms with Crippen molar-refractivity contribution in [3.63, 3.8) is 0 Å². The predicted octanol–water partition coefficient (Wildman–Crippen LogP) is 6.36. The van der Waals surface area contributed by atoms with Crippen molar-refractivity contribution >= 4 is 17.6 Å². The number of hydrogen-bond donors (Lipinski definition) is 0. The number of rotatable bonds is 4. The fourth-order valence-electron chi connectivity index (χ4n) is 5.53. The Morgan fingerprint density at radius 2 is 1.53 bits per heavy atom. The lowest BCUT2D eigenvalue weighted by molar-refractivity contribution is -0.143. The Balaban J connectivity index is 1.41. The number of halogens is 6. The first-order valence-electron chi connectivity index (χ1n) is 12.5. The van der Waals surface area contributed by atoms with Gasteiger partial charge in [0.25, 0.3) is 5.91 Å². The molecular formula is C27H27F6N3O2. The molecule has 38 heavy (non-hydrogen) atoms. The number of aryl methyl sites for hydroxylation is 1. The third-order valence-corrected chi connectivity index (χ3v) is 7.77. The fourth-order valence-corrected chi connectivity index (χ4v) is 5.53. The summed E-state index contributed by atoms with van der Waals surface area (Å²) >= 11 is 0. The monoisotopic (exact) mass is 539 g/mol. The maximum absolute atomic E-state index is 13.6. The quantitative estimate of drug-likeness (QED) is 0.425. The molecule has 3 aliphatic rings. The molecule has 3 amide bonds. The van der Waals surface area contributed by atoms with E-state index >= 15 is 0 Å². The molecule has 0 radical (unpaired) electrons. The maximum atomic E-state index is 13.6. The molecule has 0 aromatic heterocycles. The summed E-state index contributed by atoms with van der Waals surface area (Å²) in [6, 6.07) is 8.34. The topological polar surface area (TPSA) is 43.9 Å². The number of likely N-dealkylation sites (tertiary alicyclic amines) is 1. The number of carbonyl (C=O) groups is 2. The summed E-state index contributed by atoms with van der Waals surface area (Å²) in [6.45, 7) is 3.22. The average Bonchev–Trinajstić information content (AvgIpc) is 3.63. The van der Waals surface area contributed by atoms with E-state index in [0.29, 0.717) is 44.0 Å². The lowest BCUT2D eigenvalue weighted by atomic mass is 9.85. The number of hydrogen-bond acceptors (Lipinski definition) is 2. The van der Waals surface area contributed by atoms with Crippen molar-refractivity contribution in [3.05, 3.63) is 64.7 Å². The van der Waals surface area contributed by atoms with Crippen molar-refractivity contribution in [1.29, 1.82) is 0 Å². The molecular weight excluding hydrogens is 512 g/mol. The number of piperidine rings is 1. The lowest BCUT2D eigenvalue weighted by Gasteiger charge is -2.44. The maximum Gasteiger partial charge on any atom is 0.416 e. The molecule has 11 heteroatoms. The molecule has 0 bridgehead atoms. The van der Waals surface area contributed by atoms with Crippen LogP contribution in [-0.2, 0) is 12.4 Å². The molecule has 2 saturated heterocycles. The van der Waals surface area contributed by atoms with Gasteiger partial charge in [0.15, 0.2) is 0 Å². The van der Waals surface area contributed by atoms with E-state index in [2.05, 4.69) is 0 Å². The molecule has 0 N–H and O–H groups in total. The number of urea groups is 1.